The lowest BCUT2D eigenvalue weighted by Gasteiger charge is -2.32. The largest absolute Gasteiger partial charge is 0.488 e. The van der Waals surface area contributed by atoms with Crippen LogP contribution in [0.5, 0.6) is 5.75 Å². The first-order chi connectivity index (χ1) is 14.3. The van der Waals surface area contributed by atoms with E-state index in [0.29, 0.717) is 18.1 Å². The van der Waals surface area contributed by atoms with Crippen molar-refractivity contribution in [3.63, 3.8) is 0 Å². The third-order valence-corrected chi connectivity index (χ3v) is 5.68. The first-order valence-corrected chi connectivity index (χ1v) is 10.1. The predicted molar refractivity (Wildman–Crippen MR) is 108 cm³/mol. The molecule has 148 valence electrons. The highest BCUT2D eigenvalue weighted by Gasteiger charge is 2.30. The molecule has 0 bridgehead atoms. The standard InChI is InChI=1S/C23H23N3O3/c27-23(21-19-15-28-20-9-5-4-8-18(20)22(19)29-25-21)24-17-10-12-26(13-11-17)14-16-6-2-1-3-7-16/h1-9,17H,10-15H2,(H,24,27). The number of fused-ring (bicyclic) bond motifs is 3. The number of hydrogen-bond donors (Lipinski definition) is 1. The maximum atomic E-state index is 12.8. The van der Waals surface area contributed by atoms with Crippen LogP contribution in [-0.2, 0) is 13.2 Å². The summed E-state index contributed by atoms with van der Waals surface area (Å²) in [5.74, 6) is 1.21. The van der Waals surface area contributed by atoms with Gasteiger partial charge in [-0.3, -0.25) is 9.69 Å². The summed E-state index contributed by atoms with van der Waals surface area (Å²) < 4.78 is 11.3. The molecule has 1 fully saturated rings. The fraction of sp³-hybridized carbons (Fsp3) is 0.304. The van der Waals surface area contributed by atoms with E-state index in [1.165, 1.54) is 5.56 Å². The van der Waals surface area contributed by atoms with Crippen molar-refractivity contribution >= 4 is 5.91 Å². The SMILES string of the molecule is O=C(NC1CCN(Cc2ccccc2)CC1)c1noc2c1COc1ccccc1-2. The number of rotatable bonds is 4. The number of hydrogen-bond acceptors (Lipinski definition) is 5. The minimum Gasteiger partial charge on any atom is -0.488 e. The van der Waals surface area contributed by atoms with Crippen molar-refractivity contribution in [2.75, 3.05) is 13.1 Å². The molecule has 0 aliphatic carbocycles. The van der Waals surface area contributed by atoms with E-state index in [-0.39, 0.29) is 11.9 Å². The maximum absolute atomic E-state index is 12.8. The van der Waals surface area contributed by atoms with Gasteiger partial charge in [0.1, 0.15) is 12.4 Å². The van der Waals surface area contributed by atoms with Crippen LogP contribution in [0.25, 0.3) is 11.3 Å². The molecule has 0 radical (unpaired) electrons. The number of para-hydroxylation sites is 1. The fourth-order valence-electron chi connectivity index (χ4n) is 4.09. The number of benzene rings is 2. The number of carbonyl (C=O) groups excluding carboxylic acids is 1. The summed E-state index contributed by atoms with van der Waals surface area (Å²) in [4.78, 5) is 15.3. The zero-order valence-corrected chi connectivity index (χ0v) is 16.1. The molecule has 2 aliphatic heterocycles. The number of nitrogens with one attached hydrogen (secondary N) is 1. The Hall–Kier alpha value is -3.12. The Morgan fingerprint density at radius 2 is 1.83 bits per heavy atom. The van der Waals surface area contributed by atoms with Gasteiger partial charge in [0.05, 0.1) is 11.1 Å². The summed E-state index contributed by atoms with van der Waals surface area (Å²) in [6.07, 6.45) is 1.86. The van der Waals surface area contributed by atoms with E-state index < -0.39 is 0 Å². The molecule has 6 nitrogen and oxygen atoms in total. The third kappa shape index (κ3) is 3.63. The number of carbonyl (C=O) groups is 1. The van der Waals surface area contributed by atoms with Gasteiger partial charge in [-0.05, 0) is 30.5 Å². The number of aromatic nitrogens is 1. The molecule has 1 saturated heterocycles. The van der Waals surface area contributed by atoms with Gasteiger partial charge < -0.3 is 14.6 Å². The van der Waals surface area contributed by atoms with Gasteiger partial charge in [0, 0.05) is 25.7 Å². The number of amides is 1. The molecule has 5 rings (SSSR count). The Morgan fingerprint density at radius 3 is 2.66 bits per heavy atom. The summed E-state index contributed by atoms with van der Waals surface area (Å²) in [5.41, 5.74) is 3.22. The van der Waals surface area contributed by atoms with Crippen LogP contribution in [0.15, 0.2) is 59.1 Å². The number of nitrogens with zero attached hydrogens (tertiary/aromatic N) is 2. The molecule has 0 spiro atoms. The molecule has 2 aliphatic rings. The molecule has 0 atom stereocenters. The molecule has 3 aromatic rings. The highest BCUT2D eigenvalue weighted by Crippen LogP contribution is 2.38. The van der Waals surface area contributed by atoms with Crippen LogP contribution < -0.4 is 10.1 Å². The van der Waals surface area contributed by atoms with Crippen LogP contribution in [0.3, 0.4) is 0 Å². The van der Waals surface area contributed by atoms with Gasteiger partial charge >= 0.3 is 0 Å². The van der Waals surface area contributed by atoms with Gasteiger partial charge in [-0.15, -0.1) is 0 Å². The van der Waals surface area contributed by atoms with Crippen LogP contribution >= 0.6 is 0 Å². The van der Waals surface area contributed by atoms with Crippen molar-refractivity contribution in [1.82, 2.24) is 15.4 Å². The summed E-state index contributed by atoms with van der Waals surface area (Å²) >= 11 is 0. The second kappa shape index (κ2) is 7.72. The molecule has 1 aromatic heterocycles. The molecule has 1 N–H and O–H groups in total. The van der Waals surface area contributed by atoms with Crippen molar-refractivity contribution in [2.24, 2.45) is 0 Å². The molecular weight excluding hydrogens is 366 g/mol. The highest BCUT2D eigenvalue weighted by atomic mass is 16.5. The monoisotopic (exact) mass is 389 g/mol. The summed E-state index contributed by atoms with van der Waals surface area (Å²) in [6, 6.07) is 18.3. The van der Waals surface area contributed by atoms with E-state index in [4.69, 9.17) is 9.26 Å². The van der Waals surface area contributed by atoms with Gasteiger partial charge in [0.15, 0.2) is 11.5 Å². The maximum Gasteiger partial charge on any atom is 0.274 e. The minimum absolute atomic E-state index is 0.152. The second-order valence-electron chi connectivity index (χ2n) is 7.63. The number of likely N-dealkylation sites (tertiary alicyclic amines) is 1. The molecule has 6 heteroatoms. The zero-order chi connectivity index (χ0) is 19.6. The molecule has 0 unspecified atom stereocenters. The van der Waals surface area contributed by atoms with E-state index in [1.807, 2.05) is 30.3 Å². The lowest BCUT2D eigenvalue weighted by molar-refractivity contribution is 0.0898. The van der Waals surface area contributed by atoms with Crippen LogP contribution in [0, 0.1) is 0 Å². The zero-order valence-electron chi connectivity index (χ0n) is 16.1. The first-order valence-electron chi connectivity index (χ1n) is 10.1. The van der Waals surface area contributed by atoms with Crippen LogP contribution in [0.4, 0.5) is 0 Å². The Labute approximate surface area is 169 Å². The highest BCUT2D eigenvalue weighted by molar-refractivity contribution is 5.95. The van der Waals surface area contributed by atoms with E-state index in [0.717, 1.165) is 49.4 Å². The Kier molecular flexibility index (Phi) is 4.77. The Morgan fingerprint density at radius 1 is 1.07 bits per heavy atom. The van der Waals surface area contributed by atoms with Crippen LogP contribution in [-0.4, -0.2) is 35.1 Å². The van der Waals surface area contributed by atoms with E-state index >= 15 is 0 Å². The third-order valence-electron chi connectivity index (χ3n) is 5.68. The first kappa shape index (κ1) is 17.9. The minimum atomic E-state index is -0.181. The number of ether oxygens (including phenoxy) is 1. The van der Waals surface area contributed by atoms with E-state index in [2.05, 4.69) is 39.6 Å². The fourth-order valence-corrected chi connectivity index (χ4v) is 4.09. The second-order valence-corrected chi connectivity index (χ2v) is 7.63. The van der Waals surface area contributed by atoms with Gasteiger partial charge in [0.25, 0.3) is 5.91 Å². The summed E-state index contributed by atoms with van der Waals surface area (Å²) in [5, 5.41) is 7.19. The van der Waals surface area contributed by atoms with Gasteiger partial charge in [-0.1, -0.05) is 47.6 Å². The molecule has 3 heterocycles. The smallest absolute Gasteiger partial charge is 0.274 e. The quantitative estimate of drug-likeness (QED) is 0.738. The number of piperidine rings is 1. The molecule has 29 heavy (non-hydrogen) atoms. The Bertz CT molecular complexity index is 1010. The van der Waals surface area contributed by atoms with Gasteiger partial charge in [0.2, 0.25) is 0 Å². The van der Waals surface area contributed by atoms with Gasteiger partial charge in [-0.2, -0.15) is 0 Å². The molecular formula is C23H23N3O3. The molecule has 2 aromatic carbocycles. The van der Waals surface area contributed by atoms with Crippen molar-refractivity contribution in [3.05, 3.63) is 71.4 Å². The molecule has 0 saturated carbocycles. The Balaban J connectivity index is 1.21. The predicted octanol–water partition coefficient (Wildman–Crippen LogP) is 3.63. The lowest BCUT2D eigenvalue weighted by Crippen LogP contribution is -2.44. The topological polar surface area (TPSA) is 67.6 Å². The summed E-state index contributed by atoms with van der Waals surface area (Å²) in [7, 11) is 0. The normalized spacial score (nSPS) is 16.6. The average Bonchev–Trinajstić information content (AvgIpc) is 3.21. The van der Waals surface area contributed by atoms with Crippen molar-refractivity contribution < 1.29 is 14.1 Å². The van der Waals surface area contributed by atoms with E-state index in [1.54, 1.807) is 0 Å². The van der Waals surface area contributed by atoms with Crippen molar-refractivity contribution in [1.29, 1.82) is 0 Å². The lowest BCUT2D eigenvalue weighted by atomic mass is 10.0. The van der Waals surface area contributed by atoms with Crippen molar-refractivity contribution in [3.8, 4) is 17.1 Å². The summed E-state index contributed by atoms with van der Waals surface area (Å²) in [6.45, 7) is 3.18. The van der Waals surface area contributed by atoms with Crippen molar-refractivity contribution in [2.45, 2.75) is 32.0 Å². The average molecular weight is 389 g/mol. The van der Waals surface area contributed by atoms with Crippen LogP contribution in [0.1, 0.15) is 34.5 Å². The van der Waals surface area contributed by atoms with Crippen LogP contribution in [0.2, 0.25) is 0 Å². The van der Waals surface area contributed by atoms with Gasteiger partial charge in [-0.25, -0.2) is 0 Å². The molecule has 1 amide bonds. The van der Waals surface area contributed by atoms with E-state index in [9.17, 15) is 4.79 Å².